The molecule has 0 unspecified atom stereocenters. The summed E-state index contributed by atoms with van der Waals surface area (Å²) >= 11 is 1.15. The molecule has 0 N–H and O–H groups in total. The van der Waals surface area contributed by atoms with Gasteiger partial charge < -0.3 is 0 Å². The van der Waals surface area contributed by atoms with E-state index in [-0.39, 0.29) is 10.9 Å². The van der Waals surface area contributed by atoms with E-state index < -0.39 is 0 Å². The highest BCUT2D eigenvalue weighted by molar-refractivity contribution is 8.13. The normalized spacial score (nSPS) is 9.27. The van der Waals surface area contributed by atoms with E-state index in [2.05, 4.69) is 11.8 Å². The number of halogens is 1. The summed E-state index contributed by atoms with van der Waals surface area (Å²) in [6.45, 7) is 3.19. The standard InChI is InChI=1S/C12H11FOS/c1-9-11(5-3-7-12(9)13)6-4-8-15-10(2)14/h3,5,7H,8H2,1-2H3. The first-order chi connectivity index (χ1) is 7.11. The molecule has 1 aromatic carbocycles. The van der Waals surface area contributed by atoms with Gasteiger partial charge in [-0.05, 0) is 19.1 Å². The first-order valence-corrected chi connectivity index (χ1v) is 5.47. The minimum atomic E-state index is -0.249. The summed E-state index contributed by atoms with van der Waals surface area (Å²) in [5.41, 5.74) is 1.23. The van der Waals surface area contributed by atoms with E-state index in [0.29, 0.717) is 16.9 Å². The maximum absolute atomic E-state index is 13.1. The largest absolute Gasteiger partial charge is 0.288 e. The van der Waals surface area contributed by atoms with Gasteiger partial charge in [-0.1, -0.05) is 29.7 Å². The molecule has 0 fully saturated rings. The topological polar surface area (TPSA) is 17.1 Å². The van der Waals surface area contributed by atoms with Gasteiger partial charge in [0.2, 0.25) is 0 Å². The molecule has 0 aromatic heterocycles. The number of thioether (sulfide) groups is 1. The lowest BCUT2D eigenvalue weighted by atomic mass is 10.1. The fourth-order valence-electron chi connectivity index (χ4n) is 1.01. The van der Waals surface area contributed by atoms with E-state index in [1.807, 2.05) is 0 Å². The summed E-state index contributed by atoms with van der Waals surface area (Å²) < 4.78 is 13.1. The number of rotatable bonds is 1. The van der Waals surface area contributed by atoms with Gasteiger partial charge >= 0.3 is 0 Å². The smallest absolute Gasteiger partial charge is 0.186 e. The molecular formula is C12H11FOS. The highest BCUT2D eigenvalue weighted by atomic mass is 32.2. The average molecular weight is 222 g/mol. The van der Waals surface area contributed by atoms with Crippen LogP contribution in [-0.4, -0.2) is 10.9 Å². The van der Waals surface area contributed by atoms with Gasteiger partial charge in [0.1, 0.15) is 5.82 Å². The zero-order chi connectivity index (χ0) is 11.3. The second-order valence-electron chi connectivity index (χ2n) is 2.99. The summed E-state index contributed by atoms with van der Waals surface area (Å²) in [5, 5.41) is 0.0419. The lowest BCUT2D eigenvalue weighted by Gasteiger charge is -1.97. The summed E-state index contributed by atoms with van der Waals surface area (Å²) in [7, 11) is 0. The quantitative estimate of drug-likeness (QED) is 0.680. The van der Waals surface area contributed by atoms with Crippen LogP contribution in [0.25, 0.3) is 0 Å². The third-order valence-corrected chi connectivity index (χ3v) is 2.53. The SMILES string of the molecule is CC(=O)SCC#Cc1cccc(F)c1C. The molecule has 78 valence electrons. The van der Waals surface area contributed by atoms with Crippen LogP contribution in [0.2, 0.25) is 0 Å². The van der Waals surface area contributed by atoms with Crippen LogP contribution in [0.15, 0.2) is 18.2 Å². The van der Waals surface area contributed by atoms with Crippen LogP contribution in [-0.2, 0) is 4.79 Å². The number of carbonyl (C=O) groups excluding carboxylic acids is 1. The summed E-state index contributed by atoms with van der Waals surface area (Å²) in [6.07, 6.45) is 0. The van der Waals surface area contributed by atoms with Gasteiger partial charge in [-0.3, -0.25) is 4.79 Å². The first-order valence-electron chi connectivity index (χ1n) is 4.48. The predicted octanol–water partition coefficient (Wildman–Crippen LogP) is 2.77. The lowest BCUT2D eigenvalue weighted by Crippen LogP contribution is -1.87. The van der Waals surface area contributed by atoms with Crippen molar-refractivity contribution in [3.63, 3.8) is 0 Å². The van der Waals surface area contributed by atoms with E-state index in [0.717, 1.165) is 11.8 Å². The van der Waals surface area contributed by atoms with Crippen LogP contribution in [0.1, 0.15) is 18.1 Å². The van der Waals surface area contributed by atoms with Gasteiger partial charge in [-0.25, -0.2) is 4.39 Å². The Morgan fingerprint density at radius 2 is 2.27 bits per heavy atom. The molecule has 1 nitrogen and oxygen atoms in total. The van der Waals surface area contributed by atoms with Crippen molar-refractivity contribution in [2.75, 3.05) is 5.75 Å². The Morgan fingerprint density at radius 1 is 1.53 bits per heavy atom. The van der Waals surface area contributed by atoms with E-state index in [1.54, 1.807) is 19.1 Å². The Kier molecular flexibility index (Phi) is 4.38. The van der Waals surface area contributed by atoms with Gasteiger partial charge in [-0.15, -0.1) is 0 Å². The molecule has 0 atom stereocenters. The van der Waals surface area contributed by atoms with Crippen LogP contribution in [0.5, 0.6) is 0 Å². The maximum Gasteiger partial charge on any atom is 0.186 e. The minimum absolute atomic E-state index is 0.0419. The van der Waals surface area contributed by atoms with Crippen LogP contribution >= 0.6 is 11.8 Å². The van der Waals surface area contributed by atoms with E-state index in [9.17, 15) is 9.18 Å². The molecule has 3 heteroatoms. The van der Waals surface area contributed by atoms with Gasteiger partial charge in [0.25, 0.3) is 0 Å². The average Bonchev–Trinajstić information content (AvgIpc) is 2.18. The van der Waals surface area contributed by atoms with Crippen molar-refractivity contribution in [3.05, 3.63) is 35.1 Å². The molecule has 0 aliphatic heterocycles. The Labute approximate surface area is 93.1 Å². The van der Waals surface area contributed by atoms with Crippen LogP contribution in [0.4, 0.5) is 4.39 Å². The molecule has 0 amide bonds. The number of hydrogen-bond acceptors (Lipinski definition) is 2. The highest BCUT2D eigenvalue weighted by Gasteiger charge is 1.99. The molecule has 15 heavy (non-hydrogen) atoms. The van der Waals surface area contributed by atoms with Crippen molar-refractivity contribution in [2.45, 2.75) is 13.8 Å². The fourth-order valence-corrected chi connectivity index (χ4v) is 1.36. The van der Waals surface area contributed by atoms with E-state index >= 15 is 0 Å². The second-order valence-corrected chi connectivity index (χ2v) is 4.15. The number of benzene rings is 1. The van der Waals surface area contributed by atoms with Crippen LogP contribution < -0.4 is 0 Å². The van der Waals surface area contributed by atoms with Crippen molar-refractivity contribution in [2.24, 2.45) is 0 Å². The van der Waals surface area contributed by atoms with Crippen molar-refractivity contribution < 1.29 is 9.18 Å². The molecule has 0 bridgehead atoms. The fraction of sp³-hybridized carbons (Fsp3) is 0.250. The van der Waals surface area contributed by atoms with Crippen molar-refractivity contribution in [3.8, 4) is 11.8 Å². The van der Waals surface area contributed by atoms with Crippen molar-refractivity contribution in [1.29, 1.82) is 0 Å². The number of carbonyl (C=O) groups is 1. The van der Waals surface area contributed by atoms with Gasteiger partial charge in [-0.2, -0.15) is 0 Å². The molecule has 0 spiro atoms. The van der Waals surface area contributed by atoms with Crippen LogP contribution in [0, 0.1) is 24.6 Å². The van der Waals surface area contributed by atoms with Gasteiger partial charge in [0.15, 0.2) is 5.12 Å². The Balaban J connectivity index is 2.72. The summed E-state index contributed by atoms with van der Waals surface area (Å²) in [5.74, 6) is 5.87. The summed E-state index contributed by atoms with van der Waals surface area (Å²) in [6, 6.07) is 4.80. The molecule has 0 aliphatic rings. The predicted molar refractivity (Wildman–Crippen MR) is 61.2 cm³/mol. The Hall–Kier alpha value is -1.27. The zero-order valence-electron chi connectivity index (χ0n) is 8.63. The van der Waals surface area contributed by atoms with Crippen molar-refractivity contribution >= 4 is 16.9 Å². The van der Waals surface area contributed by atoms with Gasteiger partial charge in [0.05, 0.1) is 5.75 Å². The molecule has 0 aliphatic carbocycles. The first kappa shape index (κ1) is 11.8. The molecule has 1 aromatic rings. The number of hydrogen-bond donors (Lipinski definition) is 0. The summed E-state index contributed by atoms with van der Waals surface area (Å²) in [4.78, 5) is 10.6. The molecule has 0 saturated carbocycles. The second kappa shape index (κ2) is 5.57. The van der Waals surface area contributed by atoms with Crippen LogP contribution in [0.3, 0.4) is 0 Å². The Morgan fingerprint density at radius 3 is 2.93 bits per heavy atom. The molecule has 1 rings (SSSR count). The molecule has 0 radical (unpaired) electrons. The van der Waals surface area contributed by atoms with E-state index in [4.69, 9.17) is 0 Å². The lowest BCUT2D eigenvalue weighted by molar-refractivity contribution is -0.109. The highest BCUT2D eigenvalue weighted by Crippen LogP contribution is 2.10. The third-order valence-electron chi connectivity index (χ3n) is 1.84. The maximum atomic E-state index is 13.1. The molecule has 0 saturated heterocycles. The van der Waals surface area contributed by atoms with Gasteiger partial charge in [0, 0.05) is 18.1 Å². The monoisotopic (exact) mass is 222 g/mol. The van der Waals surface area contributed by atoms with E-state index in [1.165, 1.54) is 13.0 Å². The third kappa shape index (κ3) is 3.77. The molecule has 0 heterocycles. The minimum Gasteiger partial charge on any atom is -0.288 e. The molecular weight excluding hydrogens is 211 g/mol. The zero-order valence-corrected chi connectivity index (χ0v) is 9.45. The Bertz CT molecular complexity index is 429. The van der Waals surface area contributed by atoms with Crippen molar-refractivity contribution in [1.82, 2.24) is 0 Å².